The molecule has 2 aliphatic rings. The smallest absolute Gasteiger partial charge is 0.126 e. The standard InChI is InChI=1S/C22H27NO5/c1-27-17-4-2-3-15(11-17)20(26)14-23-9-7-22(8-10-23)13-19(25)18-12-16(24)5-6-21(18)28-22/h2-6,11-12,19-20,24-26H,7-10,13-14H2,1H3/t19-,20-/m1/s1. The summed E-state index contributed by atoms with van der Waals surface area (Å²) in [5, 5.41) is 30.8. The van der Waals surface area contributed by atoms with Crippen LogP contribution in [-0.2, 0) is 0 Å². The van der Waals surface area contributed by atoms with Crippen molar-refractivity contribution in [1.29, 1.82) is 0 Å². The Hall–Kier alpha value is -2.28. The largest absolute Gasteiger partial charge is 0.508 e. The Morgan fingerprint density at radius 1 is 1.21 bits per heavy atom. The highest BCUT2D eigenvalue weighted by atomic mass is 16.5. The zero-order valence-electron chi connectivity index (χ0n) is 16.0. The Morgan fingerprint density at radius 3 is 2.75 bits per heavy atom. The first-order valence-electron chi connectivity index (χ1n) is 9.72. The number of likely N-dealkylation sites (tertiary alicyclic amines) is 1. The van der Waals surface area contributed by atoms with Crippen LogP contribution >= 0.6 is 0 Å². The van der Waals surface area contributed by atoms with E-state index in [1.54, 1.807) is 25.3 Å². The molecule has 0 amide bonds. The predicted molar refractivity (Wildman–Crippen MR) is 105 cm³/mol. The molecule has 1 fully saturated rings. The fourth-order valence-corrected chi connectivity index (χ4v) is 4.27. The zero-order valence-corrected chi connectivity index (χ0v) is 16.0. The third kappa shape index (κ3) is 3.81. The van der Waals surface area contributed by atoms with Crippen molar-refractivity contribution < 1.29 is 24.8 Å². The van der Waals surface area contributed by atoms with E-state index in [4.69, 9.17) is 9.47 Å². The normalized spacial score (nSPS) is 22.3. The van der Waals surface area contributed by atoms with Gasteiger partial charge in [0.2, 0.25) is 0 Å². The highest BCUT2D eigenvalue weighted by molar-refractivity contribution is 5.43. The molecule has 0 saturated carbocycles. The van der Waals surface area contributed by atoms with E-state index in [0.717, 1.165) is 37.2 Å². The van der Waals surface area contributed by atoms with Gasteiger partial charge in [-0.3, -0.25) is 0 Å². The van der Waals surface area contributed by atoms with Gasteiger partial charge in [-0.05, 0) is 48.7 Å². The van der Waals surface area contributed by atoms with Gasteiger partial charge < -0.3 is 29.7 Å². The number of aliphatic hydroxyl groups is 2. The summed E-state index contributed by atoms with van der Waals surface area (Å²) in [6, 6.07) is 12.4. The third-order valence-corrected chi connectivity index (χ3v) is 5.92. The average molecular weight is 385 g/mol. The highest BCUT2D eigenvalue weighted by Gasteiger charge is 2.43. The third-order valence-electron chi connectivity index (χ3n) is 5.92. The second-order valence-corrected chi connectivity index (χ2v) is 7.82. The van der Waals surface area contributed by atoms with Gasteiger partial charge in [-0.25, -0.2) is 0 Å². The molecular weight excluding hydrogens is 358 g/mol. The maximum atomic E-state index is 10.6. The molecule has 1 spiro atoms. The molecule has 6 nitrogen and oxygen atoms in total. The average Bonchev–Trinajstić information content (AvgIpc) is 2.70. The molecule has 4 rings (SSSR count). The first kappa shape index (κ1) is 19.1. The SMILES string of the molecule is COc1cccc([C@H](O)CN2CCC3(CC2)C[C@@H](O)c2cc(O)ccc2O3)c1. The lowest BCUT2D eigenvalue weighted by atomic mass is 9.81. The molecule has 2 atom stereocenters. The number of piperidine rings is 1. The first-order valence-corrected chi connectivity index (χ1v) is 9.72. The van der Waals surface area contributed by atoms with Gasteiger partial charge in [0.25, 0.3) is 0 Å². The number of β-amino-alcohol motifs (C(OH)–C–C–N with tert-alkyl or cyclic N) is 1. The molecule has 2 heterocycles. The number of rotatable bonds is 4. The second kappa shape index (κ2) is 7.62. The first-order chi connectivity index (χ1) is 13.5. The molecule has 3 N–H and O–H groups in total. The number of fused-ring (bicyclic) bond motifs is 1. The number of phenolic OH excluding ortho intramolecular Hbond substituents is 1. The Kier molecular flexibility index (Phi) is 5.19. The van der Waals surface area contributed by atoms with Gasteiger partial charge in [-0.1, -0.05) is 12.1 Å². The minimum Gasteiger partial charge on any atom is -0.508 e. The lowest BCUT2D eigenvalue weighted by molar-refractivity contribution is -0.0588. The number of hydrogen-bond acceptors (Lipinski definition) is 6. The lowest BCUT2D eigenvalue weighted by Crippen LogP contribution is -2.51. The summed E-state index contributed by atoms with van der Waals surface area (Å²) in [7, 11) is 1.62. The highest BCUT2D eigenvalue weighted by Crippen LogP contribution is 2.45. The van der Waals surface area contributed by atoms with Gasteiger partial charge in [0.05, 0.1) is 19.3 Å². The number of benzene rings is 2. The summed E-state index contributed by atoms with van der Waals surface area (Å²) in [5.41, 5.74) is 1.11. The fraction of sp³-hybridized carbons (Fsp3) is 0.455. The van der Waals surface area contributed by atoms with Crippen LogP contribution in [0.2, 0.25) is 0 Å². The molecule has 150 valence electrons. The van der Waals surface area contributed by atoms with Crippen LogP contribution < -0.4 is 9.47 Å². The molecule has 0 aliphatic carbocycles. The van der Waals surface area contributed by atoms with Crippen molar-refractivity contribution in [3.8, 4) is 17.2 Å². The van der Waals surface area contributed by atoms with Crippen LogP contribution in [0.4, 0.5) is 0 Å². The van der Waals surface area contributed by atoms with Crippen LogP contribution in [0.25, 0.3) is 0 Å². The molecule has 0 unspecified atom stereocenters. The number of ether oxygens (including phenoxy) is 2. The lowest BCUT2D eigenvalue weighted by Gasteiger charge is -2.46. The number of phenols is 1. The summed E-state index contributed by atoms with van der Waals surface area (Å²) in [6.07, 6.45) is 0.885. The van der Waals surface area contributed by atoms with Crippen molar-refractivity contribution in [2.45, 2.75) is 37.1 Å². The number of aliphatic hydroxyl groups excluding tert-OH is 2. The van der Waals surface area contributed by atoms with Gasteiger partial charge >= 0.3 is 0 Å². The number of nitrogens with zero attached hydrogens (tertiary/aromatic N) is 1. The predicted octanol–water partition coefficient (Wildman–Crippen LogP) is 2.78. The van der Waals surface area contributed by atoms with E-state index in [-0.39, 0.29) is 11.4 Å². The Morgan fingerprint density at radius 2 is 2.00 bits per heavy atom. The van der Waals surface area contributed by atoms with Crippen LogP contribution in [0.1, 0.15) is 42.6 Å². The van der Waals surface area contributed by atoms with Gasteiger partial charge in [0.15, 0.2) is 0 Å². The van der Waals surface area contributed by atoms with Crippen molar-refractivity contribution in [2.24, 2.45) is 0 Å². The van der Waals surface area contributed by atoms with E-state index < -0.39 is 12.2 Å². The van der Waals surface area contributed by atoms with E-state index >= 15 is 0 Å². The molecule has 0 radical (unpaired) electrons. The van der Waals surface area contributed by atoms with Crippen LogP contribution in [0.3, 0.4) is 0 Å². The molecule has 2 aliphatic heterocycles. The summed E-state index contributed by atoms with van der Waals surface area (Å²) < 4.78 is 11.5. The Balaban J connectivity index is 1.38. The van der Waals surface area contributed by atoms with E-state index in [0.29, 0.717) is 24.3 Å². The molecule has 6 heteroatoms. The summed E-state index contributed by atoms with van der Waals surface area (Å²) >= 11 is 0. The molecule has 1 saturated heterocycles. The van der Waals surface area contributed by atoms with E-state index in [9.17, 15) is 15.3 Å². The van der Waals surface area contributed by atoms with Crippen LogP contribution in [0, 0.1) is 0 Å². The molecule has 2 aromatic rings. The van der Waals surface area contributed by atoms with Crippen LogP contribution in [0.15, 0.2) is 42.5 Å². The number of aromatic hydroxyl groups is 1. The minimum absolute atomic E-state index is 0.138. The monoisotopic (exact) mass is 385 g/mol. The van der Waals surface area contributed by atoms with Crippen molar-refractivity contribution in [3.05, 3.63) is 53.6 Å². The topological polar surface area (TPSA) is 82.4 Å². The quantitative estimate of drug-likeness (QED) is 0.751. The van der Waals surface area contributed by atoms with E-state index in [2.05, 4.69) is 4.90 Å². The maximum absolute atomic E-state index is 10.6. The maximum Gasteiger partial charge on any atom is 0.126 e. The van der Waals surface area contributed by atoms with Gasteiger partial charge in [0.1, 0.15) is 22.8 Å². The molecule has 2 aromatic carbocycles. The number of methoxy groups -OCH3 is 1. The van der Waals surface area contributed by atoms with Crippen molar-refractivity contribution >= 4 is 0 Å². The fourth-order valence-electron chi connectivity index (χ4n) is 4.27. The van der Waals surface area contributed by atoms with Gasteiger partial charge in [-0.15, -0.1) is 0 Å². The Bertz CT molecular complexity index is 831. The van der Waals surface area contributed by atoms with Crippen molar-refractivity contribution in [3.63, 3.8) is 0 Å². The van der Waals surface area contributed by atoms with Gasteiger partial charge in [0, 0.05) is 31.6 Å². The summed E-state index contributed by atoms with van der Waals surface area (Å²) in [5.74, 6) is 1.53. The van der Waals surface area contributed by atoms with Crippen LogP contribution in [-0.4, -0.2) is 52.6 Å². The summed E-state index contributed by atoms with van der Waals surface area (Å²) in [6.45, 7) is 2.14. The molecule has 28 heavy (non-hydrogen) atoms. The van der Waals surface area contributed by atoms with Crippen molar-refractivity contribution in [1.82, 2.24) is 4.90 Å². The minimum atomic E-state index is -0.634. The van der Waals surface area contributed by atoms with Gasteiger partial charge in [-0.2, -0.15) is 0 Å². The van der Waals surface area contributed by atoms with E-state index in [1.165, 1.54) is 0 Å². The summed E-state index contributed by atoms with van der Waals surface area (Å²) in [4.78, 5) is 2.23. The molecule has 0 aromatic heterocycles. The Labute approximate surface area is 164 Å². The zero-order chi connectivity index (χ0) is 19.7. The number of hydrogen-bond donors (Lipinski definition) is 3. The second-order valence-electron chi connectivity index (χ2n) is 7.82. The molecular formula is C22H27NO5. The molecule has 0 bridgehead atoms. The van der Waals surface area contributed by atoms with E-state index in [1.807, 2.05) is 24.3 Å². The van der Waals surface area contributed by atoms with Crippen LogP contribution in [0.5, 0.6) is 17.2 Å². The van der Waals surface area contributed by atoms with Crippen molar-refractivity contribution in [2.75, 3.05) is 26.7 Å².